The minimum absolute atomic E-state index is 0.158. The molecule has 0 aliphatic heterocycles. The van der Waals surface area contributed by atoms with Crippen molar-refractivity contribution in [3.63, 3.8) is 0 Å². The molecule has 3 rings (SSSR count). The standard InChI is InChI=1S/C20H18FN3O2S/c1-4-8-15(14-9-6-5-7-10-14)16-11-19-18(12-17(16)21)23-20(22)24(19)27(25,26)13(2)3/h1,5-13H,2-3H3,(H2,22,23)/b15-8-. The lowest BCUT2D eigenvalue weighted by Crippen LogP contribution is -2.23. The first-order valence-corrected chi connectivity index (χ1v) is 9.71. The highest BCUT2D eigenvalue weighted by molar-refractivity contribution is 7.90. The Morgan fingerprint density at radius 2 is 1.96 bits per heavy atom. The van der Waals surface area contributed by atoms with Crippen molar-refractivity contribution in [1.82, 2.24) is 8.96 Å². The lowest BCUT2D eigenvalue weighted by molar-refractivity contribution is 0.580. The third-order valence-electron chi connectivity index (χ3n) is 4.18. The number of nitrogen functional groups attached to an aromatic ring is 1. The zero-order valence-electron chi connectivity index (χ0n) is 14.8. The molecule has 0 aliphatic rings. The fourth-order valence-corrected chi connectivity index (χ4v) is 3.94. The van der Waals surface area contributed by atoms with Crippen LogP contribution in [0.1, 0.15) is 25.0 Å². The van der Waals surface area contributed by atoms with Crippen molar-refractivity contribution in [2.75, 3.05) is 5.73 Å². The van der Waals surface area contributed by atoms with Gasteiger partial charge in [0.1, 0.15) is 5.82 Å². The Balaban J connectivity index is 2.34. The zero-order valence-corrected chi connectivity index (χ0v) is 15.7. The Kier molecular flexibility index (Phi) is 4.77. The van der Waals surface area contributed by atoms with Gasteiger partial charge in [-0.2, -0.15) is 0 Å². The van der Waals surface area contributed by atoms with Crippen LogP contribution in [0.5, 0.6) is 0 Å². The first-order valence-electron chi connectivity index (χ1n) is 8.21. The minimum atomic E-state index is -3.78. The molecule has 27 heavy (non-hydrogen) atoms. The van der Waals surface area contributed by atoms with Gasteiger partial charge in [-0.1, -0.05) is 36.3 Å². The summed E-state index contributed by atoms with van der Waals surface area (Å²) in [6.07, 6.45) is 6.87. The SMILES string of the molecule is C#C/C=C(/c1ccccc1)c1cc2c(cc1F)nc(N)n2S(=O)(=O)C(C)C. The summed E-state index contributed by atoms with van der Waals surface area (Å²) in [5, 5.41) is -0.722. The number of nitrogens with zero attached hydrogens (tertiary/aromatic N) is 2. The summed E-state index contributed by atoms with van der Waals surface area (Å²) in [6.45, 7) is 3.08. The van der Waals surface area contributed by atoms with Crippen LogP contribution in [-0.2, 0) is 10.0 Å². The van der Waals surface area contributed by atoms with E-state index in [1.165, 1.54) is 18.2 Å². The minimum Gasteiger partial charge on any atom is -0.368 e. The first kappa shape index (κ1) is 18.7. The fourth-order valence-electron chi connectivity index (χ4n) is 2.80. The number of allylic oxidation sites excluding steroid dienone is 1. The maximum Gasteiger partial charge on any atom is 0.244 e. The maximum absolute atomic E-state index is 14.8. The molecule has 0 atom stereocenters. The number of terminal acetylenes is 1. The van der Waals surface area contributed by atoms with Crippen molar-refractivity contribution in [2.45, 2.75) is 19.1 Å². The van der Waals surface area contributed by atoms with E-state index in [0.717, 1.165) is 3.97 Å². The molecule has 1 heterocycles. The predicted octanol–water partition coefficient (Wildman–Crippen LogP) is 3.41. The lowest BCUT2D eigenvalue weighted by atomic mass is 9.97. The highest BCUT2D eigenvalue weighted by atomic mass is 32.2. The second-order valence-corrected chi connectivity index (χ2v) is 8.58. The summed E-state index contributed by atoms with van der Waals surface area (Å²) in [4.78, 5) is 4.00. The van der Waals surface area contributed by atoms with E-state index in [9.17, 15) is 12.8 Å². The van der Waals surface area contributed by atoms with E-state index in [0.29, 0.717) is 11.1 Å². The van der Waals surface area contributed by atoms with E-state index >= 15 is 0 Å². The van der Waals surface area contributed by atoms with Crippen molar-refractivity contribution in [1.29, 1.82) is 0 Å². The number of hydrogen-bond acceptors (Lipinski definition) is 4. The number of rotatable bonds is 4. The molecular weight excluding hydrogens is 365 g/mol. The zero-order chi connectivity index (χ0) is 19.8. The largest absolute Gasteiger partial charge is 0.368 e. The number of halogens is 1. The van der Waals surface area contributed by atoms with Crippen LogP contribution >= 0.6 is 0 Å². The van der Waals surface area contributed by atoms with E-state index in [2.05, 4.69) is 10.9 Å². The number of anilines is 1. The van der Waals surface area contributed by atoms with Crippen molar-refractivity contribution in [3.05, 3.63) is 65.5 Å². The van der Waals surface area contributed by atoms with E-state index in [-0.39, 0.29) is 22.5 Å². The topological polar surface area (TPSA) is 78.0 Å². The number of benzene rings is 2. The molecule has 3 aromatic rings. The van der Waals surface area contributed by atoms with Gasteiger partial charge in [0.15, 0.2) is 0 Å². The Morgan fingerprint density at radius 1 is 1.30 bits per heavy atom. The van der Waals surface area contributed by atoms with Gasteiger partial charge >= 0.3 is 0 Å². The van der Waals surface area contributed by atoms with Gasteiger partial charge in [0.25, 0.3) is 0 Å². The highest BCUT2D eigenvalue weighted by Crippen LogP contribution is 2.31. The smallest absolute Gasteiger partial charge is 0.244 e. The molecule has 138 valence electrons. The molecule has 5 nitrogen and oxygen atoms in total. The molecule has 2 N–H and O–H groups in total. The monoisotopic (exact) mass is 383 g/mol. The van der Waals surface area contributed by atoms with Crippen LogP contribution in [0.3, 0.4) is 0 Å². The molecule has 0 spiro atoms. The fraction of sp³-hybridized carbons (Fsp3) is 0.150. The number of nitrogens with two attached hydrogens (primary N) is 1. The number of fused-ring (bicyclic) bond motifs is 1. The summed E-state index contributed by atoms with van der Waals surface area (Å²) in [5.41, 5.74) is 7.53. The van der Waals surface area contributed by atoms with Crippen molar-refractivity contribution in [3.8, 4) is 12.3 Å². The van der Waals surface area contributed by atoms with Crippen LogP contribution in [0.4, 0.5) is 10.3 Å². The van der Waals surface area contributed by atoms with Gasteiger partial charge in [-0.3, -0.25) is 0 Å². The van der Waals surface area contributed by atoms with E-state index in [1.807, 2.05) is 18.2 Å². The maximum atomic E-state index is 14.8. The predicted molar refractivity (Wildman–Crippen MR) is 106 cm³/mol. The molecule has 0 fully saturated rings. The number of hydrogen-bond donors (Lipinski definition) is 1. The van der Waals surface area contributed by atoms with Gasteiger partial charge in [0, 0.05) is 17.2 Å². The van der Waals surface area contributed by atoms with Crippen LogP contribution in [0, 0.1) is 18.2 Å². The highest BCUT2D eigenvalue weighted by Gasteiger charge is 2.26. The molecule has 1 aromatic heterocycles. The van der Waals surface area contributed by atoms with Gasteiger partial charge in [-0.25, -0.2) is 21.8 Å². The van der Waals surface area contributed by atoms with Crippen LogP contribution in [0.25, 0.3) is 16.6 Å². The van der Waals surface area contributed by atoms with E-state index < -0.39 is 21.1 Å². The van der Waals surface area contributed by atoms with Crippen LogP contribution in [-0.4, -0.2) is 22.6 Å². The third kappa shape index (κ3) is 3.20. The summed E-state index contributed by atoms with van der Waals surface area (Å²) in [6, 6.07) is 11.6. The summed E-state index contributed by atoms with van der Waals surface area (Å²) in [7, 11) is -3.78. The summed E-state index contributed by atoms with van der Waals surface area (Å²) in [5.74, 6) is 1.63. The molecule has 0 unspecified atom stereocenters. The number of aromatic nitrogens is 2. The Labute approximate surface area is 157 Å². The second-order valence-electron chi connectivity index (χ2n) is 6.24. The van der Waals surface area contributed by atoms with Crippen molar-refractivity contribution >= 4 is 32.6 Å². The summed E-state index contributed by atoms with van der Waals surface area (Å²) < 4.78 is 41.2. The molecule has 0 bridgehead atoms. The van der Waals surface area contributed by atoms with Crippen molar-refractivity contribution in [2.24, 2.45) is 0 Å². The van der Waals surface area contributed by atoms with E-state index in [4.69, 9.17) is 12.2 Å². The molecule has 7 heteroatoms. The Morgan fingerprint density at radius 3 is 2.56 bits per heavy atom. The quantitative estimate of drug-likeness (QED) is 0.701. The van der Waals surface area contributed by atoms with E-state index in [1.54, 1.807) is 26.0 Å². The average Bonchev–Trinajstić information content (AvgIpc) is 2.95. The molecule has 2 aromatic carbocycles. The Bertz CT molecular complexity index is 1190. The van der Waals surface area contributed by atoms with Gasteiger partial charge < -0.3 is 5.73 Å². The summed E-state index contributed by atoms with van der Waals surface area (Å²) >= 11 is 0. The van der Waals surface area contributed by atoms with Gasteiger partial charge in [-0.15, -0.1) is 6.42 Å². The van der Waals surface area contributed by atoms with Crippen LogP contribution < -0.4 is 5.73 Å². The normalized spacial score (nSPS) is 12.5. The van der Waals surface area contributed by atoms with Gasteiger partial charge in [0.05, 0.1) is 16.3 Å². The molecule has 0 saturated carbocycles. The molecular formula is C20H18FN3O2S. The number of imidazole rings is 1. The average molecular weight is 383 g/mol. The van der Waals surface area contributed by atoms with Gasteiger partial charge in [0.2, 0.25) is 16.0 Å². The third-order valence-corrected chi connectivity index (χ3v) is 6.26. The second kappa shape index (κ2) is 6.89. The van der Waals surface area contributed by atoms with Crippen LogP contribution in [0.2, 0.25) is 0 Å². The first-order chi connectivity index (χ1) is 12.8. The molecule has 0 saturated heterocycles. The molecule has 0 amide bonds. The van der Waals surface area contributed by atoms with Gasteiger partial charge in [-0.05, 0) is 31.6 Å². The molecule has 0 radical (unpaired) electrons. The molecule has 0 aliphatic carbocycles. The Hall–Kier alpha value is -3.11. The van der Waals surface area contributed by atoms with Crippen molar-refractivity contribution < 1.29 is 12.8 Å². The lowest BCUT2D eigenvalue weighted by Gasteiger charge is -2.13. The van der Waals surface area contributed by atoms with Crippen LogP contribution in [0.15, 0.2) is 48.5 Å².